The van der Waals surface area contributed by atoms with Gasteiger partial charge in [0.15, 0.2) is 0 Å². The number of hydrogen-bond donors (Lipinski definition) is 3. The van der Waals surface area contributed by atoms with Crippen LogP contribution in [0.1, 0.15) is 49.8 Å². The Hall–Kier alpha value is -3.29. The third-order valence-electron chi connectivity index (χ3n) is 3.67. The Labute approximate surface area is 164 Å². The zero-order valence-corrected chi connectivity index (χ0v) is 16.5. The molecule has 0 unspecified atom stereocenters. The van der Waals surface area contributed by atoms with Crippen LogP contribution in [0.15, 0.2) is 48.7 Å². The van der Waals surface area contributed by atoms with Crippen molar-refractivity contribution in [2.24, 2.45) is 0 Å². The molecule has 8 nitrogen and oxygen atoms in total. The van der Waals surface area contributed by atoms with Gasteiger partial charge in [-0.05, 0) is 45.4 Å². The Balaban J connectivity index is 1.91. The third kappa shape index (κ3) is 6.46. The number of nitrogens with one attached hydrogen (secondary N) is 3. The quantitative estimate of drug-likeness (QED) is 0.710. The molecular weight excluding hydrogens is 360 g/mol. The van der Waals surface area contributed by atoms with Crippen molar-refractivity contribution in [2.75, 3.05) is 12.0 Å². The van der Waals surface area contributed by atoms with Crippen molar-refractivity contribution in [3.8, 4) is 0 Å². The molecule has 3 N–H and O–H groups in total. The average Bonchev–Trinajstić information content (AvgIpc) is 3.07. The zero-order chi connectivity index (χ0) is 20.7. The zero-order valence-electron chi connectivity index (χ0n) is 16.5. The van der Waals surface area contributed by atoms with Gasteiger partial charge in [0, 0.05) is 6.20 Å². The number of amides is 3. The van der Waals surface area contributed by atoms with Crippen LogP contribution in [-0.4, -0.2) is 34.7 Å². The van der Waals surface area contributed by atoms with Gasteiger partial charge in [0.2, 0.25) is 0 Å². The van der Waals surface area contributed by atoms with Gasteiger partial charge < -0.3 is 15.4 Å². The highest BCUT2D eigenvalue weighted by atomic mass is 16.6. The van der Waals surface area contributed by atoms with Gasteiger partial charge in [0.05, 0.1) is 6.04 Å². The molecule has 2 rings (SSSR count). The Morgan fingerprint density at radius 1 is 1.07 bits per heavy atom. The Bertz CT molecular complexity index is 824. The fourth-order valence-electron chi connectivity index (χ4n) is 2.40. The molecule has 1 heterocycles. The normalized spacial score (nSPS) is 12.0. The molecule has 0 spiro atoms. The summed E-state index contributed by atoms with van der Waals surface area (Å²) < 4.78 is 6.38. The summed E-state index contributed by atoms with van der Waals surface area (Å²) in [5, 5.41) is 5.25. The van der Waals surface area contributed by atoms with E-state index >= 15 is 0 Å². The molecule has 28 heavy (non-hydrogen) atoms. The molecule has 0 radical (unpaired) electrons. The average molecular weight is 386 g/mol. The fraction of sp³-hybridized carbons (Fsp3) is 0.350. The lowest BCUT2D eigenvalue weighted by Gasteiger charge is -2.19. The van der Waals surface area contributed by atoms with E-state index in [1.54, 1.807) is 39.1 Å². The maximum atomic E-state index is 12.5. The van der Waals surface area contributed by atoms with E-state index in [-0.39, 0.29) is 24.2 Å². The Morgan fingerprint density at radius 2 is 1.75 bits per heavy atom. The number of carbonyl (C=O) groups excluding carboxylic acids is 3. The summed E-state index contributed by atoms with van der Waals surface area (Å²) in [4.78, 5) is 36.2. The van der Waals surface area contributed by atoms with Gasteiger partial charge >= 0.3 is 6.09 Å². The summed E-state index contributed by atoms with van der Waals surface area (Å²) in [6.45, 7) is 6.79. The van der Waals surface area contributed by atoms with Crippen LogP contribution in [0.25, 0.3) is 0 Å². The van der Waals surface area contributed by atoms with Crippen LogP contribution in [0.3, 0.4) is 0 Å². The molecule has 150 valence electrons. The number of carbonyl (C=O) groups is 3. The molecular formula is C20H26N4O4. The van der Waals surface area contributed by atoms with Crippen molar-refractivity contribution in [1.82, 2.24) is 15.3 Å². The van der Waals surface area contributed by atoms with E-state index in [9.17, 15) is 14.4 Å². The van der Waals surface area contributed by atoms with Gasteiger partial charge in [0.1, 0.15) is 17.8 Å². The van der Waals surface area contributed by atoms with E-state index in [0.717, 1.165) is 5.56 Å². The van der Waals surface area contributed by atoms with Crippen LogP contribution >= 0.6 is 0 Å². The summed E-state index contributed by atoms with van der Waals surface area (Å²) in [5.41, 5.74) is 3.14. The van der Waals surface area contributed by atoms with Crippen LogP contribution < -0.4 is 16.1 Å². The first-order valence-corrected chi connectivity index (χ1v) is 8.95. The number of aromatic nitrogens is 1. The monoisotopic (exact) mass is 386 g/mol. The van der Waals surface area contributed by atoms with Crippen LogP contribution in [-0.2, 0) is 9.53 Å². The number of hydrogen-bond acceptors (Lipinski definition) is 4. The fourth-order valence-corrected chi connectivity index (χ4v) is 2.40. The molecule has 0 aliphatic heterocycles. The topological polar surface area (TPSA) is 101 Å². The summed E-state index contributed by atoms with van der Waals surface area (Å²) in [7, 11) is 0. The van der Waals surface area contributed by atoms with Gasteiger partial charge in [-0.15, -0.1) is 0 Å². The maximum Gasteiger partial charge on any atom is 0.408 e. The first-order valence-electron chi connectivity index (χ1n) is 8.95. The van der Waals surface area contributed by atoms with Crippen LogP contribution in [0.2, 0.25) is 0 Å². The second kappa shape index (κ2) is 9.07. The molecule has 1 aromatic heterocycles. The maximum absolute atomic E-state index is 12.5. The summed E-state index contributed by atoms with van der Waals surface area (Å²) in [5.74, 6) is -0.825. The highest BCUT2D eigenvalue weighted by Gasteiger charge is 2.18. The van der Waals surface area contributed by atoms with Crippen molar-refractivity contribution in [3.63, 3.8) is 0 Å². The standard InChI is InChI=1S/C20H26N4O4/c1-14(15-9-6-5-7-10-15)22-18(26)16-11-8-12-24(16)23-17(25)13-21-19(27)28-20(2,3)4/h5-12,14H,13H2,1-4H3,(H,21,27)(H,22,26)(H,23,25)/t14-/m0/s1. The highest BCUT2D eigenvalue weighted by Crippen LogP contribution is 2.12. The van der Waals surface area contributed by atoms with Crippen molar-refractivity contribution >= 4 is 17.9 Å². The van der Waals surface area contributed by atoms with E-state index in [1.165, 1.54) is 4.68 Å². The predicted octanol–water partition coefficient (Wildman–Crippen LogP) is 2.57. The van der Waals surface area contributed by atoms with Gasteiger partial charge in [-0.2, -0.15) is 0 Å². The number of ether oxygens (including phenoxy) is 1. The number of nitrogens with zero attached hydrogens (tertiary/aromatic N) is 1. The predicted molar refractivity (Wildman–Crippen MR) is 105 cm³/mol. The minimum absolute atomic E-state index is 0.193. The summed E-state index contributed by atoms with van der Waals surface area (Å²) in [6.07, 6.45) is 0.859. The molecule has 3 amide bonds. The molecule has 0 saturated heterocycles. The van der Waals surface area contributed by atoms with E-state index < -0.39 is 17.6 Å². The first kappa shape index (κ1) is 21.0. The number of alkyl carbamates (subject to hydrolysis) is 1. The minimum atomic E-state index is -0.690. The molecule has 0 fully saturated rings. The highest BCUT2D eigenvalue weighted by molar-refractivity contribution is 5.95. The van der Waals surface area contributed by atoms with Gasteiger partial charge in [0.25, 0.3) is 11.8 Å². The molecule has 2 aromatic rings. The van der Waals surface area contributed by atoms with E-state index in [1.807, 2.05) is 37.3 Å². The lowest BCUT2D eigenvalue weighted by Crippen LogP contribution is -2.40. The second-order valence-corrected chi connectivity index (χ2v) is 7.26. The largest absolute Gasteiger partial charge is 0.444 e. The third-order valence-corrected chi connectivity index (χ3v) is 3.67. The molecule has 1 aromatic carbocycles. The van der Waals surface area contributed by atoms with Crippen LogP contribution in [0.4, 0.5) is 4.79 Å². The molecule has 0 aliphatic rings. The molecule has 0 aliphatic carbocycles. The lowest BCUT2D eigenvalue weighted by molar-refractivity contribution is -0.116. The summed E-state index contributed by atoms with van der Waals surface area (Å²) >= 11 is 0. The van der Waals surface area contributed by atoms with Crippen molar-refractivity contribution in [3.05, 3.63) is 59.9 Å². The first-order chi connectivity index (χ1) is 13.2. The Kier molecular flexibility index (Phi) is 6.81. The van der Waals surface area contributed by atoms with Crippen molar-refractivity contribution in [1.29, 1.82) is 0 Å². The van der Waals surface area contributed by atoms with Crippen LogP contribution in [0, 0.1) is 0 Å². The van der Waals surface area contributed by atoms with E-state index in [4.69, 9.17) is 4.74 Å². The lowest BCUT2D eigenvalue weighted by atomic mass is 10.1. The van der Waals surface area contributed by atoms with Crippen LogP contribution in [0.5, 0.6) is 0 Å². The van der Waals surface area contributed by atoms with Gasteiger partial charge in [-0.1, -0.05) is 30.3 Å². The molecule has 8 heteroatoms. The van der Waals surface area contributed by atoms with E-state index in [2.05, 4.69) is 16.1 Å². The minimum Gasteiger partial charge on any atom is -0.444 e. The van der Waals surface area contributed by atoms with E-state index in [0.29, 0.717) is 0 Å². The van der Waals surface area contributed by atoms with Gasteiger partial charge in [-0.3, -0.25) is 19.7 Å². The van der Waals surface area contributed by atoms with Crippen molar-refractivity contribution < 1.29 is 19.1 Å². The Morgan fingerprint density at radius 3 is 2.39 bits per heavy atom. The molecule has 0 bridgehead atoms. The molecule has 1 atom stereocenters. The SMILES string of the molecule is C[C@H](NC(=O)c1cccn1NC(=O)CNC(=O)OC(C)(C)C)c1ccccc1. The molecule has 0 saturated carbocycles. The van der Waals surface area contributed by atoms with Crippen molar-refractivity contribution in [2.45, 2.75) is 39.3 Å². The second-order valence-electron chi connectivity index (χ2n) is 7.26. The number of rotatable bonds is 6. The smallest absolute Gasteiger partial charge is 0.408 e. The number of benzene rings is 1. The summed E-state index contributed by atoms with van der Waals surface area (Å²) in [6, 6.07) is 12.6. The van der Waals surface area contributed by atoms with Gasteiger partial charge in [-0.25, -0.2) is 4.79 Å².